The first-order chi connectivity index (χ1) is 11.5. The third kappa shape index (κ3) is 2.29. The van der Waals surface area contributed by atoms with Crippen LogP contribution >= 0.6 is 0 Å². The van der Waals surface area contributed by atoms with E-state index in [1.54, 1.807) is 9.80 Å². The summed E-state index contributed by atoms with van der Waals surface area (Å²) in [7, 11) is 0. The SMILES string of the molecule is Cc1nc2c(C)cccc2cc1C(=O)N1CCN2C(=O)OC[C@H]2C1. The lowest BCUT2D eigenvalue weighted by Gasteiger charge is -2.35. The van der Waals surface area contributed by atoms with Crippen molar-refractivity contribution < 1.29 is 14.3 Å². The third-order valence-electron chi connectivity index (χ3n) is 4.87. The maximum absolute atomic E-state index is 13.0. The molecule has 6 nitrogen and oxygen atoms in total. The molecule has 2 aliphatic rings. The number of carbonyl (C=O) groups is 2. The molecule has 0 saturated carbocycles. The fraction of sp³-hybridized carbons (Fsp3) is 0.389. The van der Waals surface area contributed by atoms with Crippen LogP contribution in [0.3, 0.4) is 0 Å². The molecule has 0 aliphatic carbocycles. The second kappa shape index (κ2) is 5.47. The van der Waals surface area contributed by atoms with Gasteiger partial charge in [0.05, 0.1) is 22.8 Å². The maximum Gasteiger partial charge on any atom is 0.410 e. The molecule has 2 aliphatic heterocycles. The maximum atomic E-state index is 13.0. The van der Waals surface area contributed by atoms with Crippen LogP contribution in [0.4, 0.5) is 4.79 Å². The lowest BCUT2D eigenvalue weighted by Crippen LogP contribution is -2.53. The molecule has 2 amide bonds. The van der Waals surface area contributed by atoms with E-state index in [0.29, 0.717) is 31.8 Å². The third-order valence-corrected chi connectivity index (χ3v) is 4.87. The van der Waals surface area contributed by atoms with Gasteiger partial charge in [-0.3, -0.25) is 14.7 Å². The van der Waals surface area contributed by atoms with Gasteiger partial charge in [0.25, 0.3) is 5.91 Å². The molecule has 2 fully saturated rings. The molecule has 1 aromatic heterocycles. The number of amides is 2. The highest BCUT2D eigenvalue weighted by molar-refractivity contribution is 5.99. The quantitative estimate of drug-likeness (QED) is 0.806. The Balaban J connectivity index is 1.64. The first-order valence-electron chi connectivity index (χ1n) is 8.14. The van der Waals surface area contributed by atoms with E-state index in [-0.39, 0.29) is 18.0 Å². The van der Waals surface area contributed by atoms with Gasteiger partial charge in [0.15, 0.2) is 0 Å². The monoisotopic (exact) mass is 325 g/mol. The van der Waals surface area contributed by atoms with Gasteiger partial charge in [-0.05, 0) is 25.5 Å². The number of piperazine rings is 1. The summed E-state index contributed by atoms with van der Waals surface area (Å²) in [6, 6.07) is 7.87. The Labute approximate surface area is 140 Å². The molecule has 124 valence electrons. The largest absolute Gasteiger partial charge is 0.447 e. The summed E-state index contributed by atoms with van der Waals surface area (Å²) in [5.74, 6) is -0.0256. The van der Waals surface area contributed by atoms with Gasteiger partial charge in [0, 0.05) is 25.0 Å². The molecular formula is C18H19N3O3. The average Bonchev–Trinajstić information content (AvgIpc) is 2.95. The van der Waals surface area contributed by atoms with Gasteiger partial charge < -0.3 is 9.64 Å². The number of hydrogen-bond acceptors (Lipinski definition) is 4. The molecule has 4 rings (SSSR count). The van der Waals surface area contributed by atoms with E-state index in [2.05, 4.69) is 4.98 Å². The van der Waals surface area contributed by atoms with Crippen LogP contribution in [0.15, 0.2) is 24.3 Å². The number of fused-ring (bicyclic) bond motifs is 2. The molecule has 6 heteroatoms. The summed E-state index contributed by atoms with van der Waals surface area (Å²) in [6.07, 6.45) is -0.272. The molecule has 2 saturated heterocycles. The topological polar surface area (TPSA) is 62.7 Å². The number of nitrogens with zero attached hydrogens (tertiary/aromatic N) is 3. The zero-order valence-corrected chi connectivity index (χ0v) is 13.8. The molecule has 1 atom stereocenters. The Morgan fingerprint density at radius 1 is 1.29 bits per heavy atom. The van der Waals surface area contributed by atoms with Crippen LogP contribution in [-0.4, -0.2) is 59.1 Å². The van der Waals surface area contributed by atoms with Crippen LogP contribution in [0.2, 0.25) is 0 Å². The smallest absolute Gasteiger partial charge is 0.410 e. The summed E-state index contributed by atoms with van der Waals surface area (Å²) in [5.41, 5.74) is 3.41. The first kappa shape index (κ1) is 14.9. The first-order valence-corrected chi connectivity index (χ1v) is 8.14. The number of para-hydroxylation sites is 1. The molecule has 3 heterocycles. The van der Waals surface area contributed by atoms with Crippen LogP contribution in [0.5, 0.6) is 0 Å². The summed E-state index contributed by atoms with van der Waals surface area (Å²) in [4.78, 5) is 32.7. The second-order valence-electron chi connectivity index (χ2n) is 6.44. The highest BCUT2D eigenvalue weighted by Crippen LogP contribution is 2.23. The van der Waals surface area contributed by atoms with Crippen LogP contribution in [0.25, 0.3) is 10.9 Å². The fourth-order valence-corrected chi connectivity index (χ4v) is 3.50. The number of ether oxygens (including phenoxy) is 1. The number of carbonyl (C=O) groups excluding carboxylic acids is 2. The minimum Gasteiger partial charge on any atom is -0.447 e. The fourth-order valence-electron chi connectivity index (χ4n) is 3.50. The molecule has 2 aromatic rings. The van der Waals surface area contributed by atoms with E-state index in [4.69, 9.17) is 4.74 Å². The van der Waals surface area contributed by atoms with Crippen molar-refractivity contribution in [2.45, 2.75) is 19.9 Å². The van der Waals surface area contributed by atoms with Crippen LogP contribution in [0.1, 0.15) is 21.6 Å². The van der Waals surface area contributed by atoms with Crippen LogP contribution in [0, 0.1) is 13.8 Å². The van der Waals surface area contributed by atoms with E-state index in [1.165, 1.54) is 0 Å². The minimum absolute atomic E-state index is 0.0256. The van der Waals surface area contributed by atoms with Gasteiger partial charge in [-0.2, -0.15) is 0 Å². The highest BCUT2D eigenvalue weighted by Gasteiger charge is 2.39. The molecular weight excluding hydrogens is 306 g/mol. The lowest BCUT2D eigenvalue weighted by atomic mass is 10.0. The van der Waals surface area contributed by atoms with Crippen LogP contribution < -0.4 is 0 Å². The molecule has 0 unspecified atom stereocenters. The Hall–Kier alpha value is -2.63. The van der Waals surface area contributed by atoms with E-state index >= 15 is 0 Å². The summed E-state index contributed by atoms with van der Waals surface area (Å²) < 4.78 is 5.06. The summed E-state index contributed by atoms with van der Waals surface area (Å²) in [6.45, 7) is 5.81. The van der Waals surface area contributed by atoms with Crippen molar-refractivity contribution in [3.8, 4) is 0 Å². The minimum atomic E-state index is -0.272. The van der Waals surface area contributed by atoms with E-state index < -0.39 is 0 Å². The van der Waals surface area contributed by atoms with Gasteiger partial charge >= 0.3 is 6.09 Å². The molecule has 0 radical (unpaired) electrons. The van der Waals surface area contributed by atoms with Crippen LogP contribution in [-0.2, 0) is 4.74 Å². The van der Waals surface area contributed by atoms with Crippen molar-refractivity contribution in [1.82, 2.24) is 14.8 Å². The van der Waals surface area contributed by atoms with Gasteiger partial charge in [-0.15, -0.1) is 0 Å². The Kier molecular flexibility index (Phi) is 3.40. The number of pyridine rings is 1. The molecule has 0 spiro atoms. The number of benzene rings is 1. The molecule has 1 aromatic carbocycles. The number of cyclic esters (lactones) is 1. The normalized spacial score (nSPS) is 20.2. The van der Waals surface area contributed by atoms with Crippen molar-refractivity contribution in [3.63, 3.8) is 0 Å². The van der Waals surface area contributed by atoms with Gasteiger partial charge in [-0.25, -0.2) is 4.79 Å². The van der Waals surface area contributed by atoms with Gasteiger partial charge in [0.1, 0.15) is 6.61 Å². The second-order valence-corrected chi connectivity index (χ2v) is 6.44. The summed E-state index contributed by atoms with van der Waals surface area (Å²) >= 11 is 0. The standard InChI is InChI=1S/C18H19N3O3/c1-11-4-3-5-13-8-15(12(2)19-16(11)13)17(22)20-6-7-21-14(9-20)10-24-18(21)23/h3-5,8,14H,6-7,9-10H2,1-2H3/t14-/m1/s1. The number of rotatable bonds is 1. The van der Waals surface area contributed by atoms with E-state index in [1.807, 2.05) is 38.1 Å². The predicted molar refractivity (Wildman–Crippen MR) is 89.0 cm³/mol. The lowest BCUT2D eigenvalue weighted by molar-refractivity contribution is 0.0616. The molecule has 0 bridgehead atoms. The zero-order valence-electron chi connectivity index (χ0n) is 13.8. The summed E-state index contributed by atoms with van der Waals surface area (Å²) in [5, 5.41) is 0.974. The van der Waals surface area contributed by atoms with Crippen molar-refractivity contribution in [1.29, 1.82) is 0 Å². The van der Waals surface area contributed by atoms with E-state index in [0.717, 1.165) is 22.2 Å². The van der Waals surface area contributed by atoms with Crippen molar-refractivity contribution in [2.24, 2.45) is 0 Å². The average molecular weight is 325 g/mol. The van der Waals surface area contributed by atoms with Crippen molar-refractivity contribution >= 4 is 22.9 Å². The zero-order chi connectivity index (χ0) is 16.8. The Morgan fingerprint density at radius 2 is 2.12 bits per heavy atom. The van der Waals surface area contributed by atoms with Gasteiger partial charge in [-0.1, -0.05) is 18.2 Å². The number of aryl methyl sites for hydroxylation is 2. The number of aromatic nitrogens is 1. The predicted octanol–water partition coefficient (Wildman–Crippen LogP) is 2.13. The Morgan fingerprint density at radius 3 is 2.96 bits per heavy atom. The number of hydrogen-bond donors (Lipinski definition) is 0. The van der Waals surface area contributed by atoms with Gasteiger partial charge in [0.2, 0.25) is 0 Å². The van der Waals surface area contributed by atoms with Crippen molar-refractivity contribution in [3.05, 3.63) is 41.1 Å². The van der Waals surface area contributed by atoms with E-state index in [9.17, 15) is 9.59 Å². The molecule has 24 heavy (non-hydrogen) atoms. The molecule has 0 N–H and O–H groups in total. The highest BCUT2D eigenvalue weighted by atomic mass is 16.6. The Bertz CT molecular complexity index is 849. The van der Waals surface area contributed by atoms with Crippen molar-refractivity contribution in [2.75, 3.05) is 26.2 Å².